The Morgan fingerprint density at radius 2 is 1.91 bits per heavy atom. The van der Waals surface area contributed by atoms with Gasteiger partial charge in [-0.05, 0) is 65.0 Å². The van der Waals surface area contributed by atoms with Crippen molar-refractivity contribution >= 4 is 27.4 Å². The minimum Gasteiger partial charge on any atom is -0.366 e. The van der Waals surface area contributed by atoms with Gasteiger partial charge in [0.2, 0.25) is 0 Å². The van der Waals surface area contributed by atoms with Crippen LogP contribution >= 0.6 is 15.9 Å². The molecule has 1 aliphatic rings. The summed E-state index contributed by atoms with van der Waals surface area (Å²) in [6, 6.07) is 17.0. The Morgan fingerprint density at radius 1 is 1.09 bits per heavy atom. The normalized spacial score (nSPS) is 16.2. The lowest BCUT2D eigenvalue weighted by molar-refractivity contribution is 0.202. The number of nitrogens with one attached hydrogen (secondary N) is 1. The van der Waals surface area contributed by atoms with E-state index in [9.17, 15) is 0 Å². The molecule has 33 heavy (non-hydrogen) atoms. The lowest BCUT2D eigenvalue weighted by Crippen LogP contribution is -2.35. The Morgan fingerprint density at radius 3 is 2.67 bits per heavy atom. The number of fused-ring (bicyclic) bond motifs is 1. The number of piperidine rings is 1. The van der Waals surface area contributed by atoms with E-state index in [4.69, 9.17) is 4.98 Å². The summed E-state index contributed by atoms with van der Waals surface area (Å²) in [5.41, 5.74) is 4.56. The van der Waals surface area contributed by atoms with Crippen molar-refractivity contribution in [3.8, 4) is 0 Å². The second-order valence-electron chi connectivity index (χ2n) is 8.90. The summed E-state index contributed by atoms with van der Waals surface area (Å²) in [4.78, 5) is 11.8. The molecule has 0 bridgehead atoms. The second kappa shape index (κ2) is 10.0. The largest absolute Gasteiger partial charge is 0.366 e. The van der Waals surface area contributed by atoms with Gasteiger partial charge in [0.25, 0.3) is 0 Å². The molecule has 1 unspecified atom stereocenters. The Balaban J connectivity index is 1.28. The molecule has 1 aliphatic heterocycles. The number of halogens is 1. The molecule has 1 aromatic carbocycles. The molecule has 1 saturated heterocycles. The molecule has 6 nitrogen and oxygen atoms in total. The molecule has 7 heteroatoms. The van der Waals surface area contributed by atoms with E-state index in [1.54, 1.807) is 6.20 Å². The van der Waals surface area contributed by atoms with Gasteiger partial charge in [-0.3, -0.25) is 4.98 Å². The third kappa shape index (κ3) is 5.09. The van der Waals surface area contributed by atoms with Crippen LogP contribution in [0.25, 0.3) is 5.65 Å². The topological polar surface area (TPSA) is 58.4 Å². The number of rotatable bonds is 7. The molecule has 5 rings (SSSR count). The number of aromatic nitrogens is 4. The predicted molar refractivity (Wildman–Crippen MR) is 136 cm³/mol. The first-order chi connectivity index (χ1) is 16.2. The van der Waals surface area contributed by atoms with Crippen LogP contribution in [0.4, 0.5) is 5.82 Å². The number of pyridine rings is 1. The van der Waals surface area contributed by atoms with Gasteiger partial charge in [-0.15, -0.1) is 0 Å². The maximum Gasteiger partial charge on any atom is 0.171 e. The first kappa shape index (κ1) is 22.0. The van der Waals surface area contributed by atoms with E-state index in [1.807, 2.05) is 23.0 Å². The van der Waals surface area contributed by atoms with Crippen LogP contribution in [-0.4, -0.2) is 44.1 Å². The monoisotopic (exact) mass is 504 g/mol. The number of hydrogen-bond acceptors (Lipinski definition) is 5. The average Bonchev–Trinajstić information content (AvgIpc) is 3.25. The molecular formula is C26H29BrN6. The van der Waals surface area contributed by atoms with Crippen molar-refractivity contribution < 1.29 is 0 Å². The van der Waals surface area contributed by atoms with Crippen molar-refractivity contribution in [3.05, 3.63) is 88.4 Å². The molecule has 0 amide bonds. The SMILES string of the molecule is CC(CN1CCC(c2cc(NCc3cccnc3)n3ncc(Br)c3n2)CC1)c1ccccc1. The first-order valence-corrected chi connectivity index (χ1v) is 12.4. The zero-order valence-corrected chi connectivity index (χ0v) is 20.4. The van der Waals surface area contributed by atoms with E-state index in [2.05, 4.69) is 85.6 Å². The fourth-order valence-electron chi connectivity index (χ4n) is 4.67. The fraction of sp³-hybridized carbons (Fsp3) is 0.346. The molecular weight excluding hydrogens is 476 g/mol. The zero-order valence-electron chi connectivity index (χ0n) is 18.9. The average molecular weight is 505 g/mol. The van der Waals surface area contributed by atoms with Crippen LogP contribution in [0.2, 0.25) is 0 Å². The second-order valence-corrected chi connectivity index (χ2v) is 9.75. The van der Waals surface area contributed by atoms with Crippen LogP contribution in [0, 0.1) is 0 Å². The van der Waals surface area contributed by atoms with Gasteiger partial charge >= 0.3 is 0 Å². The van der Waals surface area contributed by atoms with Crippen molar-refractivity contribution in [2.45, 2.75) is 38.1 Å². The Hall–Kier alpha value is -2.77. The highest BCUT2D eigenvalue weighted by molar-refractivity contribution is 9.10. The van der Waals surface area contributed by atoms with E-state index in [1.165, 1.54) is 5.56 Å². The standard InChI is InChI=1S/C26H29BrN6/c1-19(21-7-3-2-4-8-21)18-32-12-9-22(10-13-32)24-14-25(29-16-20-6-5-11-28-15-20)33-26(31-24)23(27)17-30-33/h2-8,11,14-15,17,19,22,29H,9-10,12-13,16,18H2,1H3. The molecule has 0 spiro atoms. The predicted octanol–water partition coefficient (Wildman–Crippen LogP) is 5.48. The van der Waals surface area contributed by atoms with Gasteiger partial charge in [0.1, 0.15) is 5.82 Å². The quantitative estimate of drug-likeness (QED) is 0.361. The van der Waals surface area contributed by atoms with Crippen LogP contribution in [0.3, 0.4) is 0 Å². The molecule has 1 atom stereocenters. The molecule has 1 fully saturated rings. The van der Waals surface area contributed by atoms with Crippen molar-refractivity contribution in [2.75, 3.05) is 25.0 Å². The summed E-state index contributed by atoms with van der Waals surface area (Å²) in [6.07, 6.45) is 7.74. The highest BCUT2D eigenvalue weighted by Crippen LogP contribution is 2.31. The number of anilines is 1. The van der Waals surface area contributed by atoms with E-state index >= 15 is 0 Å². The Labute approximate surface area is 203 Å². The van der Waals surface area contributed by atoms with Crippen molar-refractivity contribution in [1.29, 1.82) is 0 Å². The summed E-state index contributed by atoms with van der Waals surface area (Å²) in [5.74, 6) is 1.96. The van der Waals surface area contributed by atoms with E-state index < -0.39 is 0 Å². The third-order valence-corrected chi connectivity index (χ3v) is 7.11. The van der Waals surface area contributed by atoms with Gasteiger partial charge in [0.15, 0.2) is 5.65 Å². The minimum absolute atomic E-state index is 0.457. The number of likely N-dealkylation sites (tertiary alicyclic amines) is 1. The lowest BCUT2D eigenvalue weighted by atomic mass is 9.92. The molecule has 0 radical (unpaired) electrons. The third-order valence-electron chi connectivity index (χ3n) is 6.55. The van der Waals surface area contributed by atoms with Gasteiger partial charge in [0.05, 0.1) is 10.7 Å². The maximum absolute atomic E-state index is 4.99. The van der Waals surface area contributed by atoms with Crippen LogP contribution in [0.1, 0.15) is 48.4 Å². The van der Waals surface area contributed by atoms with E-state index in [0.717, 1.165) is 59.7 Å². The molecule has 4 aromatic rings. The lowest BCUT2D eigenvalue weighted by Gasteiger charge is -2.33. The number of nitrogens with zero attached hydrogens (tertiary/aromatic N) is 5. The molecule has 4 heterocycles. The van der Waals surface area contributed by atoms with Crippen molar-refractivity contribution in [1.82, 2.24) is 24.5 Å². The van der Waals surface area contributed by atoms with Crippen LogP contribution < -0.4 is 5.32 Å². The minimum atomic E-state index is 0.457. The number of benzene rings is 1. The fourth-order valence-corrected chi connectivity index (χ4v) is 5.02. The summed E-state index contributed by atoms with van der Waals surface area (Å²) in [6.45, 7) is 6.34. The molecule has 170 valence electrons. The summed E-state index contributed by atoms with van der Waals surface area (Å²) in [5, 5.41) is 8.05. The summed E-state index contributed by atoms with van der Waals surface area (Å²) < 4.78 is 2.79. The molecule has 0 aliphatic carbocycles. The zero-order chi connectivity index (χ0) is 22.6. The van der Waals surface area contributed by atoms with Crippen molar-refractivity contribution in [3.63, 3.8) is 0 Å². The summed E-state index contributed by atoms with van der Waals surface area (Å²) >= 11 is 3.62. The van der Waals surface area contributed by atoms with Crippen molar-refractivity contribution in [2.24, 2.45) is 0 Å². The summed E-state index contributed by atoms with van der Waals surface area (Å²) in [7, 11) is 0. The van der Waals surface area contributed by atoms with Gasteiger partial charge < -0.3 is 10.2 Å². The van der Waals surface area contributed by atoms with Gasteiger partial charge in [-0.2, -0.15) is 9.61 Å². The Bertz CT molecular complexity index is 1190. The number of hydrogen-bond donors (Lipinski definition) is 1. The van der Waals surface area contributed by atoms with Gasteiger partial charge in [0, 0.05) is 43.2 Å². The van der Waals surface area contributed by atoms with Crippen LogP contribution in [0.5, 0.6) is 0 Å². The molecule has 0 saturated carbocycles. The Kier molecular flexibility index (Phi) is 6.69. The van der Waals surface area contributed by atoms with E-state index in [0.29, 0.717) is 18.4 Å². The smallest absolute Gasteiger partial charge is 0.171 e. The van der Waals surface area contributed by atoms with Gasteiger partial charge in [-0.25, -0.2) is 4.98 Å². The van der Waals surface area contributed by atoms with Crippen LogP contribution in [-0.2, 0) is 6.54 Å². The highest BCUT2D eigenvalue weighted by Gasteiger charge is 2.24. The highest BCUT2D eigenvalue weighted by atomic mass is 79.9. The maximum atomic E-state index is 4.99. The van der Waals surface area contributed by atoms with Gasteiger partial charge in [-0.1, -0.05) is 43.3 Å². The van der Waals surface area contributed by atoms with Crippen LogP contribution in [0.15, 0.2) is 71.6 Å². The molecule has 1 N–H and O–H groups in total. The first-order valence-electron chi connectivity index (χ1n) is 11.6. The van der Waals surface area contributed by atoms with E-state index in [-0.39, 0.29) is 0 Å². The molecule has 3 aromatic heterocycles.